The number of hydrogen-bond donors (Lipinski definition) is 0. The van der Waals surface area contributed by atoms with E-state index in [1.54, 1.807) is 7.11 Å². The molecule has 1 rings (SSSR count). The van der Waals surface area contributed by atoms with Crippen molar-refractivity contribution in [2.45, 2.75) is 52.6 Å². The number of rotatable bonds is 8. The van der Waals surface area contributed by atoms with E-state index in [9.17, 15) is 0 Å². The minimum Gasteiger partial charge on any atom is -0.493 e. The molecule has 0 aromatic carbocycles. The van der Waals surface area contributed by atoms with Crippen molar-refractivity contribution in [3.63, 3.8) is 0 Å². The molecule has 2 nitrogen and oxygen atoms in total. The predicted octanol–water partition coefficient (Wildman–Crippen LogP) is 3.92. The molecule has 2 heteroatoms. The molecule has 1 aliphatic rings. The molecule has 1 fully saturated rings. The lowest BCUT2D eigenvalue weighted by Crippen LogP contribution is -2.17. The Balaban J connectivity index is 2.65. The van der Waals surface area contributed by atoms with Gasteiger partial charge in [0.25, 0.3) is 0 Å². The lowest BCUT2D eigenvalue weighted by Gasteiger charge is -2.20. The molecule has 0 spiro atoms. The van der Waals surface area contributed by atoms with Gasteiger partial charge in [-0.3, -0.25) is 0 Å². The third-order valence-electron chi connectivity index (χ3n) is 3.95. The molecule has 0 aromatic heterocycles. The highest BCUT2D eigenvalue weighted by molar-refractivity contribution is 5.10. The van der Waals surface area contributed by atoms with Gasteiger partial charge in [0.15, 0.2) is 0 Å². The van der Waals surface area contributed by atoms with Gasteiger partial charge in [-0.2, -0.15) is 0 Å². The van der Waals surface area contributed by atoms with Crippen LogP contribution in [0.15, 0.2) is 18.1 Å². The molecule has 0 N–H and O–H groups in total. The third kappa shape index (κ3) is 3.37. The van der Waals surface area contributed by atoms with Gasteiger partial charge in [-0.1, -0.05) is 25.7 Å². The van der Waals surface area contributed by atoms with Crippen LogP contribution >= 0.6 is 0 Å². The second-order valence-corrected chi connectivity index (χ2v) is 5.06. The first-order valence-electron chi connectivity index (χ1n) is 6.68. The quantitative estimate of drug-likeness (QED) is 0.471. The summed E-state index contributed by atoms with van der Waals surface area (Å²) in [4.78, 5) is 0. The van der Waals surface area contributed by atoms with Crippen LogP contribution in [0.4, 0.5) is 0 Å². The molecule has 3 atom stereocenters. The van der Waals surface area contributed by atoms with Crippen LogP contribution in [0, 0.1) is 11.3 Å². The molecule has 0 saturated heterocycles. The summed E-state index contributed by atoms with van der Waals surface area (Å²) in [5.74, 6) is 1.56. The zero-order valence-corrected chi connectivity index (χ0v) is 11.7. The summed E-state index contributed by atoms with van der Waals surface area (Å²) in [5, 5.41) is 0. The maximum absolute atomic E-state index is 5.73. The lowest BCUT2D eigenvalue weighted by molar-refractivity contribution is 0.0473. The first-order valence-corrected chi connectivity index (χ1v) is 6.68. The summed E-state index contributed by atoms with van der Waals surface area (Å²) in [6.07, 6.45) is 5.02. The largest absolute Gasteiger partial charge is 0.493 e. The van der Waals surface area contributed by atoms with E-state index in [4.69, 9.17) is 9.47 Å². The molecule has 17 heavy (non-hydrogen) atoms. The fraction of sp³-hybridized carbons (Fsp3) is 0.800. The second-order valence-electron chi connectivity index (χ2n) is 5.06. The summed E-state index contributed by atoms with van der Waals surface area (Å²) >= 11 is 0. The number of methoxy groups -OCH3 is 1. The van der Waals surface area contributed by atoms with Gasteiger partial charge < -0.3 is 9.47 Å². The van der Waals surface area contributed by atoms with Crippen LogP contribution in [-0.4, -0.2) is 19.8 Å². The van der Waals surface area contributed by atoms with E-state index in [-0.39, 0.29) is 0 Å². The average Bonchev–Trinajstić information content (AvgIpc) is 3.02. The van der Waals surface area contributed by atoms with E-state index in [0.29, 0.717) is 17.4 Å². The van der Waals surface area contributed by atoms with Gasteiger partial charge in [0.05, 0.1) is 13.2 Å². The Labute approximate surface area is 106 Å². The van der Waals surface area contributed by atoms with Crippen molar-refractivity contribution in [1.82, 2.24) is 0 Å². The highest BCUT2D eigenvalue weighted by atomic mass is 16.5. The summed E-state index contributed by atoms with van der Waals surface area (Å²) < 4.78 is 11.0. The molecule has 0 aliphatic heterocycles. The van der Waals surface area contributed by atoms with Crippen molar-refractivity contribution >= 4 is 0 Å². The topological polar surface area (TPSA) is 18.5 Å². The first kappa shape index (κ1) is 14.3. The first-order chi connectivity index (χ1) is 8.13. The molecule has 0 bridgehead atoms. The number of ether oxygens (including phenoxy) is 2. The fourth-order valence-electron chi connectivity index (χ4n) is 3.03. The molecule has 0 aromatic rings. The highest BCUT2D eigenvalue weighted by Gasteiger charge is 2.56. The Bertz CT molecular complexity index is 291. The summed E-state index contributed by atoms with van der Waals surface area (Å²) in [6.45, 7) is 11.0. The van der Waals surface area contributed by atoms with E-state index in [0.717, 1.165) is 18.8 Å². The Morgan fingerprint density at radius 2 is 2.24 bits per heavy atom. The Morgan fingerprint density at radius 3 is 2.71 bits per heavy atom. The van der Waals surface area contributed by atoms with Crippen LogP contribution < -0.4 is 0 Å². The van der Waals surface area contributed by atoms with Gasteiger partial charge in [-0.15, -0.1) is 0 Å². The minimum atomic E-state index is 0.356. The molecule has 0 radical (unpaired) electrons. The molecule has 0 heterocycles. The SMILES string of the molecule is C=C=C(CC1(CCC)CC1C(C)OCC)OC. The molecular weight excluding hydrogens is 212 g/mol. The minimum absolute atomic E-state index is 0.356. The zero-order valence-electron chi connectivity index (χ0n) is 11.7. The molecular formula is C15H26O2. The van der Waals surface area contributed by atoms with Crippen LogP contribution in [0.2, 0.25) is 0 Å². The molecule has 1 aliphatic carbocycles. The molecule has 1 saturated carbocycles. The molecule has 0 amide bonds. The van der Waals surface area contributed by atoms with Crippen molar-refractivity contribution in [3.8, 4) is 0 Å². The highest BCUT2D eigenvalue weighted by Crippen LogP contribution is 2.61. The smallest absolute Gasteiger partial charge is 0.138 e. The van der Waals surface area contributed by atoms with Gasteiger partial charge >= 0.3 is 0 Å². The zero-order chi connectivity index (χ0) is 12.9. The van der Waals surface area contributed by atoms with Gasteiger partial charge in [0, 0.05) is 13.0 Å². The normalized spacial score (nSPS) is 28.4. The van der Waals surface area contributed by atoms with Crippen LogP contribution in [0.1, 0.15) is 46.5 Å². The van der Waals surface area contributed by atoms with E-state index < -0.39 is 0 Å². The van der Waals surface area contributed by atoms with Crippen molar-refractivity contribution < 1.29 is 9.47 Å². The number of allylic oxidation sites excluding steroid dienone is 1. The number of hydrogen-bond acceptors (Lipinski definition) is 2. The molecule has 98 valence electrons. The fourth-order valence-corrected chi connectivity index (χ4v) is 3.03. The third-order valence-corrected chi connectivity index (χ3v) is 3.95. The summed E-state index contributed by atoms with van der Waals surface area (Å²) in [5.41, 5.74) is 3.28. The van der Waals surface area contributed by atoms with Crippen LogP contribution in [0.5, 0.6) is 0 Å². The monoisotopic (exact) mass is 238 g/mol. The van der Waals surface area contributed by atoms with Crippen molar-refractivity contribution in [1.29, 1.82) is 0 Å². The van der Waals surface area contributed by atoms with E-state index in [1.165, 1.54) is 19.3 Å². The maximum Gasteiger partial charge on any atom is 0.138 e. The van der Waals surface area contributed by atoms with Crippen LogP contribution in [-0.2, 0) is 9.47 Å². The maximum atomic E-state index is 5.73. The summed E-state index contributed by atoms with van der Waals surface area (Å²) in [6, 6.07) is 0. The second kappa shape index (κ2) is 6.28. The van der Waals surface area contributed by atoms with Gasteiger partial charge in [0.2, 0.25) is 0 Å². The van der Waals surface area contributed by atoms with Crippen molar-refractivity contribution in [3.05, 3.63) is 18.1 Å². The van der Waals surface area contributed by atoms with Crippen molar-refractivity contribution in [2.24, 2.45) is 11.3 Å². The average molecular weight is 238 g/mol. The summed E-state index contributed by atoms with van der Waals surface area (Å²) in [7, 11) is 1.70. The standard InChI is InChI=1S/C15H26O2/c1-6-9-15(10-13(7-2)16-5)11-14(15)12(4)17-8-3/h12,14H,2,6,8-11H2,1,3-5H3. The Morgan fingerprint density at radius 1 is 1.53 bits per heavy atom. The van der Waals surface area contributed by atoms with E-state index >= 15 is 0 Å². The Hall–Kier alpha value is -0.720. The Kier molecular flexibility index (Phi) is 5.30. The van der Waals surface area contributed by atoms with Gasteiger partial charge in [0.1, 0.15) is 5.76 Å². The predicted molar refractivity (Wildman–Crippen MR) is 70.8 cm³/mol. The lowest BCUT2D eigenvalue weighted by atomic mass is 9.91. The van der Waals surface area contributed by atoms with Crippen LogP contribution in [0.25, 0.3) is 0 Å². The van der Waals surface area contributed by atoms with Gasteiger partial charge in [-0.25, -0.2) is 0 Å². The van der Waals surface area contributed by atoms with Gasteiger partial charge in [-0.05, 0) is 38.0 Å². The van der Waals surface area contributed by atoms with E-state index in [2.05, 4.69) is 33.1 Å². The molecule has 3 unspecified atom stereocenters. The van der Waals surface area contributed by atoms with Crippen molar-refractivity contribution in [2.75, 3.05) is 13.7 Å². The van der Waals surface area contributed by atoms with E-state index in [1.807, 2.05) is 0 Å². The van der Waals surface area contributed by atoms with Crippen LogP contribution in [0.3, 0.4) is 0 Å².